The number of hydrogen-bond acceptors (Lipinski definition) is 4. The third-order valence-corrected chi connectivity index (χ3v) is 3.86. The van der Waals surface area contributed by atoms with Crippen LogP contribution in [-0.4, -0.2) is 53.6 Å². The number of ether oxygens (including phenoxy) is 1. The largest absolute Gasteiger partial charge is 0.480 e. The van der Waals surface area contributed by atoms with Gasteiger partial charge < -0.3 is 20.1 Å². The first kappa shape index (κ1) is 17.0. The molecule has 23 heavy (non-hydrogen) atoms. The highest BCUT2D eigenvalue weighted by Gasteiger charge is 2.25. The first-order valence-electron chi connectivity index (χ1n) is 7.42. The predicted molar refractivity (Wildman–Crippen MR) is 83.2 cm³/mol. The van der Waals surface area contributed by atoms with Crippen molar-refractivity contribution < 1.29 is 24.2 Å². The molecule has 1 aliphatic heterocycles. The van der Waals surface area contributed by atoms with Gasteiger partial charge in [-0.05, 0) is 38.0 Å². The zero-order chi connectivity index (χ0) is 17.0. The van der Waals surface area contributed by atoms with Crippen molar-refractivity contribution in [3.8, 4) is 0 Å². The van der Waals surface area contributed by atoms with Crippen LogP contribution >= 0.6 is 0 Å². The fourth-order valence-corrected chi connectivity index (χ4v) is 2.28. The monoisotopic (exact) mass is 320 g/mol. The van der Waals surface area contributed by atoms with E-state index in [9.17, 15) is 14.4 Å². The van der Waals surface area contributed by atoms with Gasteiger partial charge in [0.1, 0.15) is 12.1 Å². The smallest absolute Gasteiger partial charge is 0.326 e. The van der Waals surface area contributed by atoms with E-state index in [0.717, 1.165) is 11.3 Å². The lowest BCUT2D eigenvalue weighted by Gasteiger charge is -2.21. The average molecular weight is 320 g/mol. The Labute approximate surface area is 134 Å². The lowest BCUT2D eigenvalue weighted by molar-refractivity contribution is -0.141. The minimum atomic E-state index is -1.08. The molecule has 7 heteroatoms. The van der Waals surface area contributed by atoms with E-state index in [2.05, 4.69) is 5.32 Å². The van der Waals surface area contributed by atoms with Gasteiger partial charge in [0.05, 0.1) is 0 Å². The fraction of sp³-hybridized carbons (Fsp3) is 0.438. The summed E-state index contributed by atoms with van der Waals surface area (Å²) in [5.41, 5.74) is 0.790. The maximum atomic E-state index is 12.3. The van der Waals surface area contributed by atoms with Crippen LogP contribution in [0.4, 0.5) is 5.69 Å². The molecule has 0 aromatic heterocycles. The van der Waals surface area contributed by atoms with Crippen molar-refractivity contribution in [3.63, 3.8) is 0 Å². The number of benzene rings is 1. The van der Waals surface area contributed by atoms with Crippen LogP contribution in [0.25, 0.3) is 0 Å². The summed E-state index contributed by atoms with van der Waals surface area (Å²) in [6.45, 7) is 2.01. The van der Waals surface area contributed by atoms with Gasteiger partial charge in [0.2, 0.25) is 0 Å². The van der Waals surface area contributed by atoms with Gasteiger partial charge in [0.15, 0.2) is 0 Å². The van der Waals surface area contributed by atoms with Crippen LogP contribution in [0.1, 0.15) is 30.1 Å². The average Bonchev–Trinajstić information content (AvgIpc) is 3.07. The van der Waals surface area contributed by atoms with Crippen molar-refractivity contribution in [1.82, 2.24) is 4.90 Å². The van der Waals surface area contributed by atoms with E-state index in [1.807, 2.05) is 0 Å². The van der Waals surface area contributed by atoms with Crippen molar-refractivity contribution in [2.24, 2.45) is 0 Å². The van der Waals surface area contributed by atoms with Crippen LogP contribution in [0.2, 0.25) is 0 Å². The Balaban J connectivity index is 2.08. The van der Waals surface area contributed by atoms with E-state index >= 15 is 0 Å². The lowest BCUT2D eigenvalue weighted by Crippen LogP contribution is -2.40. The Morgan fingerprint density at radius 3 is 2.74 bits per heavy atom. The molecular weight excluding hydrogens is 300 g/mol. The highest BCUT2D eigenvalue weighted by Crippen LogP contribution is 2.17. The topological polar surface area (TPSA) is 95.9 Å². The summed E-state index contributed by atoms with van der Waals surface area (Å²) < 4.78 is 5.31. The molecule has 124 valence electrons. The summed E-state index contributed by atoms with van der Waals surface area (Å²) in [5, 5.41) is 11.7. The molecule has 1 heterocycles. The summed E-state index contributed by atoms with van der Waals surface area (Å²) in [5.74, 6) is -1.74. The van der Waals surface area contributed by atoms with Gasteiger partial charge in [-0.2, -0.15) is 0 Å². The summed E-state index contributed by atoms with van der Waals surface area (Å²) in [6.07, 6.45) is 1.08. The summed E-state index contributed by atoms with van der Waals surface area (Å²) in [7, 11) is 1.43. The minimum absolute atomic E-state index is 0.237. The number of carboxylic acids is 1. The standard InChI is InChI=1S/C16H20N2O5/c1-10(16(21)22)18(2)15(20)11-5-3-6-12(9-11)17-14(19)13-7-4-8-23-13/h3,5-6,9-10,13H,4,7-8H2,1-2H3,(H,17,19)(H,21,22). The Bertz CT molecular complexity index is 610. The number of carbonyl (C=O) groups excluding carboxylic acids is 2. The molecule has 2 atom stereocenters. The summed E-state index contributed by atoms with van der Waals surface area (Å²) >= 11 is 0. The van der Waals surface area contributed by atoms with Gasteiger partial charge in [-0.25, -0.2) is 4.79 Å². The van der Waals surface area contributed by atoms with Gasteiger partial charge in [0.25, 0.3) is 11.8 Å². The zero-order valence-electron chi connectivity index (χ0n) is 13.1. The van der Waals surface area contributed by atoms with Gasteiger partial charge in [0, 0.05) is 24.9 Å². The molecule has 2 rings (SSSR count). The number of anilines is 1. The van der Waals surface area contributed by atoms with Crippen molar-refractivity contribution in [2.45, 2.75) is 31.9 Å². The number of carboxylic acid groups (broad SMARTS) is 1. The highest BCUT2D eigenvalue weighted by atomic mass is 16.5. The summed E-state index contributed by atoms with van der Waals surface area (Å²) in [4.78, 5) is 36.4. The van der Waals surface area contributed by atoms with E-state index in [4.69, 9.17) is 9.84 Å². The number of nitrogens with zero attached hydrogens (tertiary/aromatic N) is 1. The molecule has 2 unspecified atom stereocenters. The number of amides is 2. The van der Waals surface area contributed by atoms with Crippen LogP contribution in [-0.2, 0) is 14.3 Å². The molecule has 1 aromatic carbocycles. The van der Waals surface area contributed by atoms with Crippen LogP contribution in [0, 0.1) is 0 Å². The second-order valence-corrected chi connectivity index (χ2v) is 5.50. The molecule has 1 fully saturated rings. The molecule has 7 nitrogen and oxygen atoms in total. The van der Waals surface area contributed by atoms with E-state index in [1.54, 1.807) is 18.2 Å². The zero-order valence-corrected chi connectivity index (χ0v) is 13.1. The van der Waals surface area contributed by atoms with Gasteiger partial charge in [-0.15, -0.1) is 0 Å². The molecule has 0 spiro atoms. The molecule has 0 saturated carbocycles. The first-order valence-corrected chi connectivity index (χ1v) is 7.42. The number of rotatable bonds is 5. The fourth-order valence-electron chi connectivity index (χ4n) is 2.28. The molecule has 2 N–H and O–H groups in total. The second kappa shape index (κ2) is 7.23. The molecular formula is C16H20N2O5. The molecule has 2 amide bonds. The quantitative estimate of drug-likeness (QED) is 0.854. The van der Waals surface area contributed by atoms with E-state index in [-0.39, 0.29) is 5.91 Å². The summed E-state index contributed by atoms with van der Waals surface area (Å²) in [6, 6.07) is 5.48. The van der Waals surface area contributed by atoms with Crippen molar-refractivity contribution >= 4 is 23.5 Å². The number of likely N-dealkylation sites (N-methyl/N-ethyl adjacent to an activating group) is 1. The van der Waals surface area contributed by atoms with Gasteiger partial charge in [-0.1, -0.05) is 6.07 Å². The van der Waals surface area contributed by atoms with Crippen molar-refractivity contribution in [3.05, 3.63) is 29.8 Å². The van der Waals surface area contributed by atoms with E-state index in [1.165, 1.54) is 20.0 Å². The minimum Gasteiger partial charge on any atom is -0.480 e. The second-order valence-electron chi connectivity index (χ2n) is 5.50. The molecule has 1 aromatic rings. The number of carbonyl (C=O) groups is 3. The molecule has 0 bridgehead atoms. The van der Waals surface area contributed by atoms with E-state index in [0.29, 0.717) is 24.3 Å². The Morgan fingerprint density at radius 1 is 1.39 bits per heavy atom. The molecule has 1 aliphatic rings. The SMILES string of the molecule is CC(C(=O)O)N(C)C(=O)c1cccc(NC(=O)C2CCCO2)c1. The van der Waals surface area contributed by atoms with E-state index < -0.39 is 24.0 Å². The normalized spacial score (nSPS) is 18.3. The molecule has 0 aliphatic carbocycles. The predicted octanol–water partition coefficient (Wildman–Crippen LogP) is 1.35. The van der Waals surface area contributed by atoms with Crippen molar-refractivity contribution in [1.29, 1.82) is 0 Å². The highest BCUT2D eigenvalue weighted by molar-refractivity contribution is 5.99. The lowest BCUT2D eigenvalue weighted by atomic mass is 10.1. The van der Waals surface area contributed by atoms with Gasteiger partial charge >= 0.3 is 5.97 Å². The third kappa shape index (κ3) is 4.07. The molecule has 1 saturated heterocycles. The number of aliphatic carboxylic acids is 1. The number of hydrogen-bond donors (Lipinski definition) is 2. The number of nitrogens with one attached hydrogen (secondary N) is 1. The third-order valence-electron chi connectivity index (χ3n) is 3.86. The Kier molecular flexibility index (Phi) is 5.33. The Morgan fingerprint density at radius 2 is 2.13 bits per heavy atom. The van der Waals surface area contributed by atoms with Crippen LogP contribution in [0.5, 0.6) is 0 Å². The Hall–Kier alpha value is -2.41. The van der Waals surface area contributed by atoms with Crippen LogP contribution < -0.4 is 5.32 Å². The van der Waals surface area contributed by atoms with Crippen LogP contribution in [0.15, 0.2) is 24.3 Å². The molecule has 0 radical (unpaired) electrons. The van der Waals surface area contributed by atoms with Crippen molar-refractivity contribution in [2.75, 3.05) is 19.0 Å². The van der Waals surface area contributed by atoms with Crippen LogP contribution in [0.3, 0.4) is 0 Å². The maximum Gasteiger partial charge on any atom is 0.326 e. The van der Waals surface area contributed by atoms with Gasteiger partial charge in [-0.3, -0.25) is 9.59 Å². The maximum absolute atomic E-state index is 12.3. The first-order chi connectivity index (χ1) is 10.9.